The predicted octanol–water partition coefficient (Wildman–Crippen LogP) is 2.29. The van der Waals surface area contributed by atoms with Crippen molar-refractivity contribution < 1.29 is 4.39 Å². The lowest BCUT2D eigenvalue weighted by Gasteiger charge is -2.12. The lowest BCUT2D eigenvalue weighted by molar-refractivity contribution is 0.221. The van der Waals surface area contributed by atoms with Crippen molar-refractivity contribution in [2.45, 2.75) is 19.5 Å². The fraction of sp³-hybridized carbons (Fsp3) is 0.375. The van der Waals surface area contributed by atoms with E-state index in [9.17, 15) is 4.39 Å². The third-order valence-corrected chi connectivity index (χ3v) is 1.37. The molecule has 0 bridgehead atoms. The molecule has 0 aliphatic rings. The molecule has 0 amide bonds. The molecule has 0 saturated carbocycles. The Bertz CT molecular complexity index is 200. The number of hydrogen-bond acceptors (Lipinski definition) is 1. The monoisotopic (exact) mass is 139 g/mol. The summed E-state index contributed by atoms with van der Waals surface area (Å²) in [7, 11) is 0. The zero-order valence-electron chi connectivity index (χ0n) is 6.13. The van der Waals surface area contributed by atoms with Gasteiger partial charge in [0.1, 0.15) is 5.67 Å². The van der Waals surface area contributed by atoms with Gasteiger partial charge in [-0.1, -0.05) is 0 Å². The zero-order chi connectivity index (χ0) is 7.61. The van der Waals surface area contributed by atoms with Crippen LogP contribution in [0.25, 0.3) is 0 Å². The quantitative estimate of drug-likeness (QED) is 0.581. The first-order chi connectivity index (χ1) is 4.61. The van der Waals surface area contributed by atoms with Crippen LogP contribution in [0.15, 0.2) is 24.5 Å². The number of hydrogen-bond donors (Lipinski definition) is 0. The zero-order valence-corrected chi connectivity index (χ0v) is 6.13. The Balaban J connectivity index is 2.97. The molecule has 0 spiro atoms. The topological polar surface area (TPSA) is 12.9 Å². The van der Waals surface area contributed by atoms with Gasteiger partial charge in [0.15, 0.2) is 0 Å². The van der Waals surface area contributed by atoms with Gasteiger partial charge in [-0.05, 0) is 31.5 Å². The summed E-state index contributed by atoms with van der Waals surface area (Å²) in [5.74, 6) is 0. The molecule has 0 aliphatic heterocycles. The number of aromatic nitrogens is 1. The van der Waals surface area contributed by atoms with Crippen LogP contribution in [0.5, 0.6) is 0 Å². The van der Waals surface area contributed by atoms with Crippen LogP contribution in [0.1, 0.15) is 19.4 Å². The first-order valence-corrected chi connectivity index (χ1v) is 3.20. The van der Waals surface area contributed by atoms with Crippen LogP contribution in [-0.2, 0) is 5.67 Å². The van der Waals surface area contributed by atoms with Crippen LogP contribution in [0.2, 0.25) is 0 Å². The molecule has 1 aromatic rings. The van der Waals surface area contributed by atoms with E-state index in [0.717, 1.165) is 0 Å². The Kier molecular flexibility index (Phi) is 1.70. The minimum atomic E-state index is -1.25. The summed E-state index contributed by atoms with van der Waals surface area (Å²) in [6.45, 7) is 3.06. The molecule has 54 valence electrons. The van der Waals surface area contributed by atoms with Crippen molar-refractivity contribution in [3.63, 3.8) is 0 Å². The Morgan fingerprint density at radius 1 is 1.30 bits per heavy atom. The highest BCUT2D eigenvalue weighted by Crippen LogP contribution is 2.22. The summed E-state index contributed by atoms with van der Waals surface area (Å²) < 4.78 is 13.1. The molecule has 1 heterocycles. The molecule has 1 nitrogen and oxygen atoms in total. The summed E-state index contributed by atoms with van der Waals surface area (Å²) in [5.41, 5.74) is -0.578. The van der Waals surface area contributed by atoms with E-state index < -0.39 is 5.67 Å². The minimum absolute atomic E-state index is 0.669. The minimum Gasteiger partial charge on any atom is -0.265 e. The van der Waals surface area contributed by atoms with Gasteiger partial charge in [0, 0.05) is 12.4 Å². The van der Waals surface area contributed by atoms with E-state index in [4.69, 9.17) is 0 Å². The fourth-order valence-electron chi connectivity index (χ4n) is 0.748. The second-order valence-electron chi connectivity index (χ2n) is 2.71. The van der Waals surface area contributed by atoms with Gasteiger partial charge in [-0.25, -0.2) is 4.39 Å². The highest BCUT2D eigenvalue weighted by atomic mass is 19.1. The second-order valence-corrected chi connectivity index (χ2v) is 2.71. The van der Waals surface area contributed by atoms with Gasteiger partial charge in [-0.2, -0.15) is 0 Å². The van der Waals surface area contributed by atoms with Crippen molar-refractivity contribution in [1.29, 1.82) is 0 Å². The summed E-state index contributed by atoms with van der Waals surface area (Å²) in [6, 6.07) is 3.36. The van der Waals surface area contributed by atoms with Gasteiger partial charge in [-0.3, -0.25) is 4.98 Å². The molecule has 0 atom stereocenters. The van der Waals surface area contributed by atoms with Crippen LogP contribution < -0.4 is 0 Å². The number of halogens is 1. The average molecular weight is 139 g/mol. The molecule has 10 heavy (non-hydrogen) atoms. The molecular weight excluding hydrogens is 129 g/mol. The first-order valence-electron chi connectivity index (χ1n) is 3.20. The van der Waals surface area contributed by atoms with Crippen LogP contribution in [0.3, 0.4) is 0 Å². The fourth-order valence-corrected chi connectivity index (χ4v) is 0.748. The Labute approximate surface area is 59.9 Å². The third-order valence-electron chi connectivity index (χ3n) is 1.37. The smallest absolute Gasteiger partial charge is 0.130 e. The average Bonchev–Trinajstić information content (AvgIpc) is 1.88. The lowest BCUT2D eigenvalue weighted by Crippen LogP contribution is -2.08. The SMILES string of the molecule is CC(C)(F)c1ccncc1. The van der Waals surface area contributed by atoms with Gasteiger partial charge < -0.3 is 0 Å². The van der Waals surface area contributed by atoms with Crippen molar-refractivity contribution in [1.82, 2.24) is 4.98 Å². The van der Waals surface area contributed by atoms with Crippen LogP contribution >= 0.6 is 0 Å². The van der Waals surface area contributed by atoms with Crippen LogP contribution in [0.4, 0.5) is 4.39 Å². The van der Waals surface area contributed by atoms with Gasteiger partial charge in [0.25, 0.3) is 0 Å². The largest absolute Gasteiger partial charge is 0.265 e. The van der Waals surface area contributed by atoms with E-state index in [1.54, 1.807) is 24.5 Å². The van der Waals surface area contributed by atoms with E-state index >= 15 is 0 Å². The van der Waals surface area contributed by atoms with Crippen molar-refractivity contribution in [2.24, 2.45) is 0 Å². The maximum atomic E-state index is 13.1. The van der Waals surface area contributed by atoms with Crippen molar-refractivity contribution in [2.75, 3.05) is 0 Å². The molecule has 1 rings (SSSR count). The van der Waals surface area contributed by atoms with Crippen LogP contribution in [0, 0.1) is 0 Å². The van der Waals surface area contributed by atoms with Gasteiger partial charge in [-0.15, -0.1) is 0 Å². The molecule has 0 saturated heterocycles. The molecule has 0 aromatic carbocycles. The molecule has 0 fully saturated rings. The molecule has 2 heteroatoms. The van der Waals surface area contributed by atoms with Crippen molar-refractivity contribution in [3.8, 4) is 0 Å². The van der Waals surface area contributed by atoms with E-state index in [-0.39, 0.29) is 0 Å². The highest BCUT2D eigenvalue weighted by molar-refractivity contribution is 5.16. The number of nitrogens with zero attached hydrogens (tertiary/aromatic N) is 1. The van der Waals surface area contributed by atoms with E-state index in [1.165, 1.54) is 13.8 Å². The summed E-state index contributed by atoms with van der Waals surface area (Å²) in [6.07, 6.45) is 3.19. The lowest BCUT2D eigenvalue weighted by atomic mass is 10.0. The maximum absolute atomic E-state index is 13.1. The Hall–Kier alpha value is -0.920. The van der Waals surface area contributed by atoms with Gasteiger partial charge in [0.05, 0.1) is 0 Å². The second kappa shape index (κ2) is 2.37. The molecule has 1 aromatic heterocycles. The maximum Gasteiger partial charge on any atom is 0.130 e. The standard InChI is InChI=1S/C8H10FN/c1-8(2,9)7-3-5-10-6-4-7/h3-6H,1-2H3. The molecular formula is C8H10FN. The highest BCUT2D eigenvalue weighted by Gasteiger charge is 2.17. The van der Waals surface area contributed by atoms with Gasteiger partial charge in [0.2, 0.25) is 0 Å². The Morgan fingerprint density at radius 2 is 1.80 bits per heavy atom. The van der Waals surface area contributed by atoms with E-state index in [2.05, 4.69) is 4.98 Å². The summed E-state index contributed by atoms with van der Waals surface area (Å²) in [5, 5.41) is 0. The molecule has 0 N–H and O–H groups in total. The number of rotatable bonds is 1. The summed E-state index contributed by atoms with van der Waals surface area (Å²) in [4.78, 5) is 3.79. The number of pyridine rings is 1. The van der Waals surface area contributed by atoms with Crippen molar-refractivity contribution in [3.05, 3.63) is 30.1 Å². The third kappa shape index (κ3) is 1.53. The van der Waals surface area contributed by atoms with Crippen molar-refractivity contribution >= 4 is 0 Å². The molecule has 0 unspecified atom stereocenters. The predicted molar refractivity (Wildman–Crippen MR) is 38.4 cm³/mol. The van der Waals surface area contributed by atoms with E-state index in [1.807, 2.05) is 0 Å². The summed E-state index contributed by atoms with van der Waals surface area (Å²) >= 11 is 0. The normalized spacial score (nSPS) is 11.5. The first kappa shape index (κ1) is 7.19. The van der Waals surface area contributed by atoms with Gasteiger partial charge >= 0.3 is 0 Å². The number of alkyl halides is 1. The van der Waals surface area contributed by atoms with Crippen LogP contribution in [-0.4, -0.2) is 4.98 Å². The Morgan fingerprint density at radius 3 is 2.10 bits per heavy atom. The molecule has 0 aliphatic carbocycles. The molecule has 0 radical (unpaired) electrons. The van der Waals surface area contributed by atoms with E-state index in [0.29, 0.717) is 5.56 Å².